The van der Waals surface area contributed by atoms with Crippen LogP contribution in [0.3, 0.4) is 0 Å². The van der Waals surface area contributed by atoms with Gasteiger partial charge in [-0.15, -0.1) is 0 Å². The minimum absolute atomic E-state index is 0.245. The molecular weight excluding hydrogens is 261 g/mol. The van der Waals surface area contributed by atoms with E-state index in [0.717, 1.165) is 11.1 Å². The highest BCUT2D eigenvalue weighted by Crippen LogP contribution is 2.07. The first-order valence-electron chi connectivity index (χ1n) is 6.20. The molecule has 0 fully saturated rings. The molecule has 1 N–H and O–H groups in total. The minimum atomic E-state index is -0.798. The third-order valence-corrected chi connectivity index (χ3v) is 2.58. The first-order valence-corrected chi connectivity index (χ1v) is 6.20. The number of rotatable bonds is 5. The number of carbonyl (C=O) groups is 2. The maximum Gasteiger partial charge on any atom is 0.328 e. The summed E-state index contributed by atoms with van der Waals surface area (Å²) in [5.41, 5.74) is 1.56. The molecule has 0 aliphatic heterocycles. The fourth-order valence-electron chi connectivity index (χ4n) is 1.67. The van der Waals surface area contributed by atoms with Crippen LogP contribution in [0.2, 0.25) is 0 Å². The Hall–Kier alpha value is -2.17. The van der Waals surface area contributed by atoms with Gasteiger partial charge in [-0.3, -0.25) is 4.79 Å². The van der Waals surface area contributed by atoms with Crippen molar-refractivity contribution in [2.45, 2.75) is 26.3 Å². The Labute approximate surface area is 117 Å². The Morgan fingerprint density at radius 2 is 1.90 bits per heavy atom. The SMILES string of the molecule is COC(=O)[C@H](Cc1ccc(F)cc1)NC(=O)C=C(C)C. The topological polar surface area (TPSA) is 55.4 Å². The smallest absolute Gasteiger partial charge is 0.328 e. The van der Waals surface area contributed by atoms with Gasteiger partial charge in [-0.1, -0.05) is 17.7 Å². The third kappa shape index (κ3) is 5.22. The normalized spacial score (nSPS) is 11.4. The molecule has 1 aromatic rings. The van der Waals surface area contributed by atoms with Crippen molar-refractivity contribution in [3.63, 3.8) is 0 Å². The highest BCUT2D eigenvalue weighted by atomic mass is 19.1. The first-order chi connectivity index (χ1) is 9.42. The number of nitrogens with one attached hydrogen (secondary N) is 1. The lowest BCUT2D eigenvalue weighted by atomic mass is 10.1. The maximum absolute atomic E-state index is 12.8. The van der Waals surface area contributed by atoms with Crippen LogP contribution in [-0.4, -0.2) is 25.0 Å². The van der Waals surface area contributed by atoms with Crippen molar-refractivity contribution < 1.29 is 18.7 Å². The summed E-state index contributed by atoms with van der Waals surface area (Å²) in [5.74, 6) is -1.25. The van der Waals surface area contributed by atoms with Crippen molar-refractivity contribution in [3.05, 3.63) is 47.3 Å². The zero-order valence-electron chi connectivity index (χ0n) is 11.8. The second-order valence-corrected chi connectivity index (χ2v) is 4.64. The van der Waals surface area contributed by atoms with Crippen LogP contribution in [0.5, 0.6) is 0 Å². The fourth-order valence-corrected chi connectivity index (χ4v) is 1.67. The third-order valence-electron chi connectivity index (χ3n) is 2.58. The van der Waals surface area contributed by atoms with Gasteiger partial charge in [0.2, 0.25) is 5.91 Å². The van der Waals surface area contributed by atoms with Gasteiger partial charge in [0.1, 0.15) is 11.9 Å². The Morgan fingerprint density at radius 3 is 2.40 bits per heavy atom. The summed E-state index contributed by atoms with van der Waals surface area (Å²) in [7, 11) is 1.26. The van der Waals surface area contributed by atoms with Gasteiger partial charge in [-0.25, -0.2) is 9.18 Å². The number of halogens is 1. The van der Waals surface area contributed by atoms with Crippen LogP contribution in [0, 0.1) is 5.82 Å². The average molecular weight is 279 g/mol. The molecule has 0 heterocycles. The Balaban J connectivity index is 2.79. The number of ether oxygens (including phenoxy) is 1. The lowest BCUT2D eigenvalue weighted by Crippen LogP contribution is -2.42. The van der Waals surface area contributed by atoms with E-state index in [2.05, 4.69) is 10.1 Å². The average Bonchev–Trinajstić information content (AvgIpc) is 2.38. The molecule has 0 spiro atoms. The van der Waals surface area contributed by atoms with Crippen molar-refractivity contribution in [3.8, 4) is 0 Å². The molecule has 1 aromatic carbocycles. The number of hydrogen-bond donors (Lipinski definition) is 1. The van der Waals surface area contributed by atoms with Crippen LogP contribution in [0.25, 0.3) is 0 Å². The zero-order chi connectivity index (χ0) is 15.1. The molecule has 0 bridgehead atoms. The first kappa shape index (κ1) is 15.9. The lowest BCUT2D eigenvalue weighted by Gasteiger charge is -2.15. The van der Waals surface area contributed by atoms with Gasteiger partial charge in [0.15, 0.2) is 0 Å². The van der Waals surface area contributed by atoms with E-state index in [9.17, 15) is 14.0 Å². The summed E-state index contributed by atoms with van der Waals surface area (Å²) in [6.07, 6.45) is 1.65. The van der Waals surface area contributed by atoms with Crippen molar-refractivity contribution in [1.29, 1.82) is 0 Å². The molecule has 1 atom stereocenters. The molecule has 4 nitrogen and oxygen atoms in total. The van der Waals surface area contributed by atoms with E-state index in [1.54, 1.807) is 26.0 Å². The Kier molecular flexibility index (Phi) is 5.90. The molecule has 0 saturated heterocycles. The predicted molar refractivity (Wildman–Crippen MR) is 73.5 cm³/mol. The monoisotopic (exact) mass is 279 g/mol. The van der Waals surface area contributed by atoms with Gasteiger partial charge in [-0.2, -0.15) is 0 Å². The van der Waals surface area contributed by atoms with Gasteiger partial charge in [0.25, 0.3) is 0 Å². The van der Waals surface area contributed by atoms with Gasteiger partial charge in [0.05, 0.1) is 7.11 Å². The van der Waals surface area contributed by atoms with Crippen LogP contribution < -0.4 is 5.32 Å². The molecule has 20 heavy (non-hydrogen) atoms. The van der Waals surface area contributed by atoms with E-state index < -0.39 is 12.0 Å². The van der Waals surface area contributed by atoms with Gasteiger partial charge in [0, 0.05) is 12.5 Å². The largest absolute Gasteiger partial charge is 0.467 e. The van der Waals surface area contributed by atoms with Crippen LogP contribution >= 0.6 is 0 Å². The van der Waals surface area contributed by atoms with E-state index in [-0.39, 0.29) is 18.1 Å². The molecule has 0 saturated carbocycles. The van der Waals surface area contributed by atoms with E-state index in [0.29, 0.717) is 0 Å². The van der Waals surface area contributed by atoms with Crippen molar-refractivity contribution in [2.75, 3.05) is 7.11 Å². The summed E-state index contributed by atoms with van der Waals surface area (Å²) in [4.78, 5) is 23.3. The molecular formula is C15H18FNO3. The fraction of sp³-hybridized carbons (Fsp3) is 0.333. The number of methoxy groups -OCH3 is 1. The van der Waals surface area contributed by atoms with Crippen LogP contribution in [0.1, 0.15) is 19.4 Å². The summed E-state index contributed by atoms with van der Waals surface area (Å²) < 4.78 is 17.5. The molecule has 5 heteroatoms. The van der Waals surface area contributed by atoms with E-state index >= 15 is 0 Å². The minimum Gasteiger partial charge on any atom is -0.467 e. The molecule has 0 aromatic heterocycles. The van der Waals surface area contributed by atoms with E-state index in [1.165, 1.54) is 25.3 Å². The van der Waals surface area contributed by atoms with Crippen molar-refractivity contribution >= 4 is 11.9 Å². The summed E-state index contributed by atoms with van der Waals surface area (Å²) in [6.45, 7) is 3.57. The second kappa shape index (κ2) is 7.43. The standard InChI is InChI=1S/C15H18FNO3/c1-10(2)8-14(18)17-13(15(19)20-3)9-11-4-6-12(16)7-5-11/h4-8,13H,9H2,1-3H3,(H,17,18)/t13-/m0/s1. The van der Waals surface area contributed by atoms with E-state index in [1.807, 2.05) is 0 Å². The van der Waals surface area contributed by atoms with E-state index in [4.69, 9.17) is 0 Å². The number of amides is 1. The van der Waals surface area contributed by atoms with Crippen LogP contribution in [0.4, 0.5) is 4.39 Å². The summed E-state index contributed by atoms with van der Waals surface area (Å²) in [5, 5.41) is 2.58. The van der Waals surface area contributed by atoms with Crippen molar-refractivity contribution in [2.24, 2.45) is 0 Å². The Bertz CT molecular complexity index is 504. The van der Waals surface area contributed by atoms with Gasteiger partial charge < -0.3 is 10.1 Å². The summed E-state index contributed by atoms with van der Waals surface area (Å²) >= 11 is 0. The molecule has 0 unspecified atom stereocenters. The maximum atomic E-state index is 12.8. The molecule has 1 rings (SSSR count). The number of carbonyl (C=O) groups excluding carboxylic acids is 2. The number of hydrogen-bond acceptors (Lipinski definition) is 3. The van der Waals surface area contributed by atoms with Crippen LogP contribution in [-0.2, 0) is 20.7 Å². The zero-order valence-corrected chi connectivity index (χ0v) is 11.8. The Morgan fingerprint density at radius 1 is 1.30 bits per heavy atom. The number of allylic oxidation sites excluding steroid dienone is 1. The van der Waals surface area contributed by atoms with Crippen LogP contribution in [0.15, 0.2) is 35.9 Å². The lowest BCUT2D eigenvalue weighted by molar-refractivity contribution is -0.144. The van der Waals surface area contributed by atoms with Crippen molar-refractivity contribution in [1.82, 2.24) is 5.32 Å². The number of benzene rings is 1. The molecule has 0 aliphatic rings. The quantitative estimate of drug-likeness (QED) is 0.662. The van der Waals surface area contributed by atoms with Gasteiger partial charge >= 0.3 is 5.97 Å². The second-order valence-electron chi connectivity index (χ2n) is 4.64. The van der Waals surface area contributed by atoms with Gasteiger partial charge in [-0.05, 0) is 31.5 Å². The number of esters is 1. The highest BCUT2D eigenvalue weighted by molar-refractivity contribution is 5.92. The predicted octanol–water partition coefficient (Wildman–Crippen LogP) is 1.99. The molecule has 108 valence electrons. The summed E-state index contributed by atoms with van der Waals surface area (Å²) in [6, 6.07) is 4.95. The molecule has 0 aliphatic carbocycles. The molecule has 0 radical (unpaired) electrons. The molecule has 1 amide bonds. The highest BCUT2D eigenvalue weighted by Gasteiger charge is 2.21.